The highest BCUT2D eigenvalue weighted by Crippen LogP contribution is 2.24. The van der Waals surface area contributed by atoms with Crippen molar-refractivity contribution in [3.63, 3.8) is 0 Å². The van der Waals surface area contributed by atoms with Crippen molar-refractivity contribution < 1.29 is 8.42 Å². The number of hydrogen-bond acceptors (Lipinski definition) is 6. The van der Waals surface area contributed by atoms with Crippen molar-refractivity contribution in [2.45, 2.75) is 23.1 Å². The number of pyridine rings is 2. The molecule has 2 N–H and O–H groups in total. The summed E-state index contributed by atoms with van der Waals surface area (Å²) in [5.74, 6) is 0.337. The van der Waals surface area contributed by atoms with E-state index in [2.05, 4.69) is 14.9 Å². The molecule has 0 unspecified atom stereocenters. The molecule has 1 fully saturated rings. The van der Waals surface area contributed by atoms with Crippen LogP contribution in [-0.2, 0) is 9.84 Å². The fourth-order valence-corrected chi connectivity index (χ4v) is 4.29. The SMILES string of the molecule is CN1CCC(S(=O)(=O)c2ccc3cnc(N)cc3n2)CC1. The van der Waals surface area contributed by atoms with Crippen LogP contribution in [0.1, 0.15) is 12.8 Å². The predicted molar refractivity (Wildman–Crippen MR) is 81.7 cm³/mol. The fraction of sp³-hybridized carbons (Fsp3) is 0.429. The predicted octanol–water partition coefficient (Wildman–Crippen LogP) is 1.08. The molecule has 1 aliphatic rings. The van der Waals surface area contributed by atoms with E-state index in [-0.39, 0.29) is 10.3 Å². The molecule has 112 valence electrons. The molecule has 1 saturated heterocycles. The number of hydrogen-bond donors (Lipinski definition) is 1. The highest BCUT2D eigenvalue weighted by Gasteiger charge is 2.31. The third-order valence-electron chi connectivity index (χ3n) is 3.97. The Morgan fingerprint density at radius 1 is 1.29 bits per heavy atom. The number of rotatable bonds is 2. The van der Waals surface area contributed by atoms with Gasteiger partial charge in [0, 0.05) is 17.6 Å². The van der Waals surface area contributed by atoms with E-state index in [0.717, 1.165) is 18.5 Å². The van der Waals surface area contributed by atoms with Crippen molar-refractivity contribution in [1.29, 1.82) is 0 Å². The van der Waals surface area contributed by atoms with Gasteiger partial charge < -0.3 is 10.6 Å². The molecular weight excluding hydrogens is 288 g/mol. The van der Waals surface area contributed by atoms with Crippen LogP contribution in [0.3, 0.4) is 0 Å². The van der Waals surface area contributed by atoms with Gasteiger partial charge in [0.05, 0.1) is 10.8 Å². The third-order valence-corrected chi connectivity index (χ3v) is 6.12. The minimum Gasteiger partial charge on any atom is -0.384 e. The fourth-order valence-electron chi connectivity index (χ4n) is 2.64. The molecular formula is C14H18N4O2S. The summed E-state index contributed by atoms with van der Waals surface area (Å²) >= 11 is 0. The summed E-state index contributed by atoms with van der Waals surface area (Å²) < 4.78 is 25.4. The summed E-state index contributed by atoms with van der Waals surface area (Å²) in [6.07, 6.45) is 2.90. The van der Waals surface area contributed by atoms with Crippen LogP contribution in [0.5, 0.6) is 0 Å². The second kappa shape index (κ2) is 5.23. The van der Waals surface area contributed by atoms with Gasteiger partial charge in [-0.1, -0.05) is 0 Å². The summed E-state index contributed by atoms with van der Waals surface area (Å²) in [7, 11) is -1.38. The summed E-state index contributed by atoms with van der Waals surface area (Å²) in [5.41, 5.74) is 6.20. The van der Waals surface area contributed by atoms with Crippen molar-refractivity contribution in [2.75, 3.05) is 25.9 Å². The Hall–Kier alpha value is -1.73. The standard InChI is InChI=1S/C14H18N4O2S/c1-18-6-4-11(5-7-18)21(19,20)14-3-2-10-9-16-13(15)8-12(10)17-14/h2-3,8-9,11H,4-7H2,1H3,(H2,15,16). The normalized spacial score (nSPS) is 18.1. The zero-order valence-electron chi connectivity index (χ0n) is 11.9. The quantitative estimate of drug-likeness (QED) is 0.893. The molecule has 2 aromatic heterocycles. The maximum atomic E-state index is 12.7. The van der Waals surface area contributed by atoms with Gasteiger partial charge in [-0.2, -0.15) is 0 Å². The van der Waals surface area contributed by atoms with E-state index < -0.39 is 9.84 Å². The Morgan fingerprint density at radius 2 is 2.00 bits per heavy atom. The average Bonchev–Trinajstić information content (AvgIpc) is 2.47. The molecule has 21 heavy (non-hydrogen) atoms. The highest BCUT2D eigenvalue weighted by molar-refractivity contribution is 7.92. The lowest BCUT2D eigenvalue weighted by Crippen LogP contribution is -2.37. The summed E-state index contributed by atoms with van der Waals surface area (Å²) in [6, 6.07) is 4.90. The Kier molecular flexibility index (Phi) is 3.54. The van der Waals surface area contributed by atoms with E-state index >= 15 is 0 Å². The van der Waals surface area contributed by atoms with Gasteiger partial charge in [-0.3, -0.25) is 0 Å². The highest BCUT2D eigenvalue weighted by atomic mass is 32.2. The van der Waals surface area contributed by atoms with Crippen molar-refractivity contribution >= 4 is 26.6 Å². The maximum Gasteiger partial charge on any atom is 0.198 e. The number of fused-ring (bicyclic) bond motifs is 1. The summed E-state index contributed by atoms with van der Waals surface area (Å²) in [4.78, 5) is 10.4. The van der Waals surface area contributed by atoms with Gasteiger partial charge in [0.25, 0.3) is 0 Å². The van der Waals surface area contributed by atoms with Crippen LogP contribution in [0.2, 0.25) is 0 Å². The Morgan fingerprint density at radius 3 is 2.71 bits per heavy atom. The number of nitrogens with zero attached hydrogens (tertiary/aromatic N) is 3. The lowest BCUT2D eigenvalue weighted by Gasteiger charge is -2.28. The molecule has 0 spiro atoms. The average molecular weight is 306 g/mol. The van der Waals surface area contributed by atoms with Crippen LogP contribution in [-0.4, -0.2) is 48.7 Å². The van der Waals surface area contributed by atoms with Crippen molar-refractivity contribution in [1.82, 2.24) is 14.9 Å². The van der Waals surface area contributed by atoms with E-state index in [4.69, 9.17) is 5.73 Å². The van der Waals surface area contributed by atoms with Gasteiger partial charge in [0.1, 0.15) is 5.82 Å². The zero-order valence-corrected chi connectivity index (χ0v) is 12.7. The number of nitrogens with two attached hydrogens (primary N) is 1. The van der Waals surface area contributed by atoms with Gasteiger partial charge >= 0.3 is 0 Å². The Bertz CT molecular complexity index is 768. The molecule has 0 saturated carbocycles. The minimum atomic E-state index is -3.39. The molecule has 2 aromatic rings. The van der Waals surface area contributed by atoms with Gasteiger partial charge in [0.2, 0.25) is 0 Å². The van der Waals surface area contributed by atoms with Crippen molar-refractivity contribution in [3.8, 4) is 0 Å². The molecule has 0 aromatic carbocycles. The molecule has 1 aliphatic heterocycles. The number of nitrogen functional groups attached to an aromatic ring is 1. The lowest BCUT2D eigenvalue weighted by atomic mass is 10.1. The first kappa shape index (κ1) is 14.2. The first-order valence-electron chi connectivity index (χ1n) is 6.91. The van der Waals surface area contributed by atoms with Crippen LogP contribution >= 0.6 is 0 Å². The molecule has 0 atom stereocenters. The van der Waals surface area contributed by atoms with Crippen molar-refractivity contribution in [2.24, 2.45) is 0 Å². The van der Waals surface area contributed by atoms with Crippen LogP contribution in [0.25, 0.3) is 10.9 Å². The lowest BCUT2D eigenvalue weighted by molar-refractivity contribution is 0.277. The minimum absolute atomic E-state index is 0.134. The first-order chi connectivity index (χ1) is 9.96. The molecule has 6 nitrogen and oxygen atoms in total. The molecule has 0 radical (unpaired) electrons. The topological polar surface area (TPSA) is 89.2 Å². The molecule has 0 aliphatic carbocycles. The van der Waals surface area contributed by atoms with Gasteiger partial charge in [-0.05, 0) is 45.1 Å². The van der Waals surface area contributed by atoms with Crippen LogP contribution in [0.15, 0.2) is 29.4 Å². The van der Waals surface area contributed by atoms with Gasteiger partial charge in [0.15, 0.2) is 14.9 Å². The maximum absolute atomic E-state index is 12.7. The number of likely N-dealkylation sites (tertiary alicyclic amines) is 1. The largest absolute Gasteiger partial charge is 0.384 e. The number of aromatic nitrogens is 2. The zero-order chi connectivity index (χ0) is 15.0. The molecule has 3 rings (SSSR count). The van der Waals surface area contributed by atoms with Crippen molar-refractivity contribution in [3.05, 3.63) is 24.4 Å². The second-order valence-corrected chi connectivity index (χ2v) is 7.67. The summed E-state index contributed by atoms with van der Waals surface area (Å²) in [5, 5.41) is 0.569. The smallest absolute Gasteiger partial charge is 0.198 e. The molecule has 3 heterocycles. The van der Waals surface area contributed by atoms with E-state index in [1.807, 2.05) is 7.05 Å². The molecule has 0 amide bonds. The molecule has 0 bridgehead atoms. The monoisotopic (exact) mass is 306 g/mol. The van der Waals surface area contributed by atoms with Crippen LogP contribution in [0.4, 0.5) is 5.82 Å². The van der Waals surface area contributed by atoms with E-state index in [1.165, 1.54) is 0 Å². The Balaban J connectivity index is 1.98. The van der Waals surface area contributed by atoms with Crippen LogP contribution in [0, 0.1) is 0 Å². The van der Waals surface area contributed by atoms with E-state index in [9.17, 15) is 8.42 Å². The van der Waals surface area contributed by atoms with Crippen LogP contribution < -0.4 is 5.73 Å². The first-order valence-corrected chi connectivity index (χ1v) is 8.46. The van der Waals surface area contributed by atoms with Gasteiger partial charge in [-0.15, -0.1) is 0 Å². The van der Waals surface area contributed by atoms with E-state index in [0.29, 0.717) is 24.2 Å². The number of piperidine rings is 1. The van der Waals surface area contributed by atoms with E-state index in [1.54, 1.807) is 24.4 Å². The summed E-state index contributed by atoms with van der Waals surface area (Å²) in [6.45, 7) is 1.60. The molecule has 7 heteroatoms. The Labute approximate surface area is 123 Å². The second-order valence-electron chi connectivity index (χ2n) is 5.50. The number of sulfone groups is 1. The van der Waals surface area contributed by atoms with Gasteiger partial charge in [-0.25, -0.2) is 18.4 Å². The third kappa shape index (κ3) is 2.71. The number of anilines is 1.